The largest absolute Gasteiger partial charge is 0.508 e. The third-order valence-electron chi connectivity index (χ3n) is 8.92. The van der Waals surface area contributed by atoms with Gasteiger partial charge in [-0.1, -0.05) is 77.9 Å². The molecule has 206 valence electrons. The lowest BCUT2D eigenvalue weighted by Crippen LogP contribution is -2.37. The Morgan fingerprint density at radius 3 is 2.14 bits per heavy atom. The average Bonchev–Trinajstić information content (AvgIpc) is 3.49. The van der Waals surface area contributed by atoms with Gasteiger partial charge < -0.3 is 9.84 Å². The van der Waals surface area contributed by atoms with Crippen LogP contribution >= 0.6 is 0 Å². The SMILES string of the molecule is CC1Cc2ccccc2C1C.CCC(C)c1ccc(O)cc1.CCC1(OC(=O)C(C)(C)CC)CCCC1. The molecule has 0 spiro atoms. The lowest BCUT2D eigenvalue weighted by Gasteiger charge is -2.32. The highest BCUT2D eigenvalue weighted by atomic mass is 16.6. The number of benzene rings is 2. The Balaban J connectivity index is 0.000000198. The van der Waals surface area contributed by atoms with Gasteiger partial charge in [-0.3, -0.25) is 4.79 Å². The van der Waals surface area contributed by atoms with Crippen LogP contribution in [0.15, 0.2) is 48.5 Å². The highest BCUT2D eigenvalue weighted by Gasteiger charge is 2.39. The molecular formula is C34H52O3. The molecule has 3 nitrogen and oxygen atoms in total. The van der Waals surface area contributed by atoms with Gasteiger partial charge in [0.25, 0.3) is 0 Å². The summed E-state index contributed by atoms with van der Waals surface area (Å²) in [4.78, 5) is 12.0. The Morgan fingerprint density at radius 2 is 1.62 bits per heavy atom. The number of rotatable bonds is 6. The van der Waals surface area contributed by atoms with Crippen molar-refractivity contribution in [3.63, 3.8) is 0 Å². The van der Waals surface area contributed by atoms with Crippen LogP contribution in [0.2, 0.25) is 0 Å². The number of carbonyl (C=O) groups is 1. The zero-order chi connectivity index (χ0) is 27.6. The predicted octanol–water partition coefficient (Wildman–Crippen LogP) is 9.58. The summed E-state index contributed by atoms with van der Waals surface area (Å²) in [6.07, 6.45) is 8.72. The molecule has 37 heavy (non-hydrogen) atoms. The molecule has 4 rings (SSSR count). The van der Waals surface area contributed by atoms with Gasteiger partial charge in [0.2, 0.25) is 0 Å². The molecule has 2 aromatic carbocycles. The smallest absolute Gasteiger partial charge is 0.312 e. The number of fused-ring (bicyclic) bond motifs is 1. The van der Waals surface area contributed by atoms with Crippen molar-refractivity contribution in [1.82, 2.24) is 0 Å². The van der Waals surface area contributed by atoms with E-state index in [4.69, 9.17) is 9.84 Å². The van der Waals surface area contributed by atoms with E-state index in [9.17, 15) is 4.79 Å². The van der Waals surface area contributed by atoms with Gasteiger partial charge in [0.05, 0.1) is 5.41 Å². The molecule has 0 saturated heterocycles. The Morgan fingerprint density at radius 1 is 1.03 bits per heavy atom. The number of hydrogen-bond acceptors (Lipinski definition) is 3. The molecular weight excluding hydrogens is 456 g/mol. The first kappa shape index (κ1) is 30.9. The fraction of sp³-hybridized carbons (Fsp3) is 0.618. The van der Waals surface area contributed by atoms with E-state index >= 15 is 0 Å². The Hall–Kier alpha value is -2.29. The summed E-state index contributed by atoms with van der Waals surface area (Å²) in [5.74, 6) is 2.53. The summed E-state index contributed by atoms with van der Waals surface area (Å²) in [7, 11) is 0. The third-order valence-corrected chi connectivity index (χ3v) is 8.92. The number of phenols is 1. The van der Waals surface area contributed by atoms with E-state index in [0.29, 0.717) is 11.7 Å². The van der Waals surface area contributed by atoms with E-state index in [2.05, 4.69) is 58.9 Å². The molecule has 0 bridgehead atoms. The summed E-state index contributed by atoms with van der Waals surface area (Å²) in [6, 6.07) is 16.2. The quantitative estimate of drug-likeness (QED) is 0.395. The van der Waals surface area contributed by atoms with E-state index in [1.807, 2.05) is 32.9 Å². The van der Waals surface area contributed by atoms with Gasteiger partial charge in [-0.05, 0) is 112 Å². The molecule has 2 aliphatic rings. The predicted molar refractivity (Wildman–Crippen MR) is 156 cm³/mol. The number of aromatic hydroxyl groups is 1. The molecule has 2 aliphatic carbocycles. The topological polar surface area (TPSA) is 46.5 Å². The fourth-order valence-electron chi connectivity index (χ4n) is 5.06. The molecule has 3 heteroatoms. The average molecular weight is 509 g/mol. The van der Waals surface area contributed by atoms with Crippen molar-refractivity contribution < 1.29 is 14.6 Å². The molecule has 1 saturated carbocycles. The highest BCUT2D eigenvalue weighted by Crippen LogP contribution is 2.38. The molecule has 2 aromatic rings. The van der Waals surface area contributed by atoms with E-state index in [-0.39, 0.29) is 17.0 Å². The number of hydrogen-bond donors (Lipinski definition) is 1. The van der Waals surface area contributed by atoms with E-state index in [1.165, 1.54) is 24.8 Å². The summed E-state index contributed by atoms with van der Waals surface area (Å²) in [6.45, 7) is 17.1. The maximum absolute atomic E-state index is 12.0. The first-order valence-corrected chi connectivity index (χ1v) is 14.6. The van der Waals surface area contributed by atoms with Crippen LogP contribution in [0.4, 0.5) is 0 Å². The van der Waals surface area contributed by atoms with Gasteiger partial charge in [-0.2, -0.15) is 0 Å². The van der Waals surface area contributed by atoms with Gasteiger partial charge in [-0.15, -0.1) is 0 Å². The van der Waals surface area contributed by atoms with Crippen LogP contribution in [-0.4, -0.2) is 16.7 Å². The molecule has 0 radical (unpaired) electrons. The molecule has 0 aliphatic heterocycles. The van der Waals surface area contributed by atoms with Gasteiger partial charge in [0.15, 0.2) is 0 Å². The first-order valence-electron chi connectivity index (χ1n) is 14.6. The van der Waals surface area contributed by atoms with Gasteiger partial charge in [0.1, 0.15) is 11.4 Å². The Kier molecular flexibility index (Phi) is 11.7. The molecule has 3 unspecified atom stereocenters. The van der Waals surface area contributed by atoms with Crippen LogP contribution in [0.3, 0.4) is 0 Å². The zero-order valence-corrected chi connectivity index (χ0v) is 24.8. The number of esters is 1. The number of phenolic OH excluding ortho intramolecular Hbond substituents is 1. The maximum Gasteiger partial charge on any atom is 0.312 e. The van der Waals surface area contributed by atoms with Gasteiger partial charge in [0, 0.05) is 0 Å². The minimum absolute atomic E-state index is 0.0197. The third kappa shape index (κ3) is 8.62. The first-order chi connectivity index (χ1) is 17.5. The van der Waals surface area contributed by atoms with Gasteiger partial charge in [-0.25, -0.2) is 0 Å². The minimum atomic E-state index is -0.329. The summed E-state index contributed by atoms with van der Waals surface area (Å²) >= 11 is 0. The molecule has 1 fully saturated rings. The van der Waals surface area contributed by atoms with Crippen molar-refractivity contribution in [2.24, 2.45) is 11.3 Å². The second kappa shape index (κ2) is 14.0. The number of ether oxygens (including phenoxy) is 1. The Labute approximate surface area is 227 Å². The van der Waals surface area contributed by atoms with Crippen molar-refractivity contribution >= 4 is 5.97 Å². The standard InChI is InChI=1S/C13H24O2.C11H14.C10H14O/c1-5-12(3,4)11(14)15-13(6-2)9-7-8-10-13;1-8-7-10-5-3-4-6-11(10)9(8)2;1-3-8(2)9-4-6-10(11)7-5-9/h5-10H2,1-4H3;3-6,8-9H,7H2,1-2H3;4-8,11H,3H2,1-2H3. The second-order valence-electron chi connectivity index (χ2n) is 11.9. The van der Waals surface area contributed by atoms with Crippen LogP contribution in [-0.2, 0) is 16.0 Å². The van der Waals surface area contributed by atoms with E-state index in [0.717, 1.165) is 43.9 Å². The molecule has 0 amide bonds. The second-order valence-corrected chi connectivity index (χ2v) is 11.9. The lowest BCUT2D eigenvalue weighted by molar-refractivity contribution is -0.170. The monoisotopic (exact) mass is 508 g/mol. The molecule has 3 atom stereocenters. The maximum atomic E-state index is 12.0. The van der Waals surface area contributed by atoms with E-state index in [1.54, 1.807) is 23.3 Å². The Bertz CT molecular complexity index is 953. The van der Waals surface area contributed by atoms with Crippen molar-refractivity contribution in [2.75, 3.05) is 0 Å². The highest BCUT2D eigenvalue weighted by molar-refractivity contribution is 5.76. The zero-order valence-electron chi connectivity index (χ0n) is 24.8. The summed E-state index contributed by atoms with van der Waals surface area (Å²) < 4.78 is 5.76. The summed E-state index contributed by atoms with van der Waals surface area (Å²) in [5.41, 5.74) is 3.96. The lowest BCUT2D eigenvalue weighted by atomic mass is 9.89. The van der Waals surface area contributed by atoms with Crippen LogP contribution < -0.4 is 0 Å². The van der Waals surface area contributed by atoms with Crippen LogP contribution in [0.5, 0.6) is 5.75 Å². The number of carbonyl (C=O) groups excluding carboxylic acids is 1. The molecule has 0 heterocycles. The normalized spacial score (nSPS) is 20.5. The fourth-order valence-corrected chi connectivity index (χ4v) is 5.06. The van der Waals surface area contributed by atoms with Crippen molar-refractivity contribution in [2.45, 2.75) is 124 Å². The summed E-state index contributed by atoms with van der Waals surface area (Å²) in [5, 5.41) is 9.01. The molecule has 1 N–H and O–H groups in total. The van der Waals surface area contributed by atoms with Crippen molar-refractivity contribution in [3.05, 3.63) is 65.2 Å². The van der Waals surface area contributed by atoms with Crippen molar-refractivity contribution in [1.29, 1.82) is 0 Å². The molecule has 0 aromatic heterocycles. The van der Waals surface area contributed by atoms with Crippen LogP contribution in [0.25, 0.3) is 0 Å². The van der Waals surface area contributed by atoms with Crippen molar-refractivity contribution in [3.8, 4) is 5.75 Å². The van der Waals surface area contributed by atoms with E-state index < -0.39 is 0 Å². The minimum Gasteiger partial charge on any atom is -0.508 e. The van der Waals surface area contributed by atoms with Gasteiger partial charge >= 0.3 is 5.97 Å². The van der Waals surface area contributed by atoms with Crippen LogP contribution in [0, 0.1) is 11.3 Å². The van der Waals surface area contributed by atoms with Crippen LogP contribution in [0.1, 0.15) is 129 Å².